The number of likely N-dealkylation sites (N-methyl/N-ethyl adjacent to an activating group) is 1. The number of piperidine rings is 1. The molecule has 110 valence electrons. The first-order valence-corrected chi connectivity index (χ1v) is 7.35. The molecule has 0 amide bonds. The lowest BCUT2D eigenvalue weighted by Gasteiger charge is -2.36. The van der Waals surface area contributed by atoms with Crippen LogP contribution in [0.4, 0.5) is 4.39 Å². The van der Waals surface area contributed by atoms with Gasteiger partial charge < -0.3 is 10.6 Å². The maximum absolute atomic E-state index is 13.6. The summed E-state index contributed by atoms with van der Waals surface area (Å²) in [5.74, 6) is -0.342. The number of hydrogen-bond donors (Lipinski definition) is 1. The topological polar surface area (TPSA) is 32.5 Å². The zero-order valence-electron chi connectivity index (χ0n) is 12.1. The van der Waals surface area contributed by atoms with Gasteiger partial charge in [-0.15, -0.1) is 0 Å². The normalized spacial score (nSPS) is 20.3. The fraction of sp³-hybridized carbons (Fsp3) is 0.533. The van der Waals surface area contributed by atoms with Crippen LogP contribution < -0.4 is 5.73 Å². The summed E-state index contributed by atoms with van der Waals surface area (Å²) >= 11 is 4.88. The minimum Gasteiger partial charge on any atom is -0.389 e. The molecule has 0 radical (unpaired) electrons. The number of halogens is 1. The standard InChI is InChI=1S/C15H22FN3S/c1-18(2)12-4-3-7-19(10-12)9-11-5-6-14(16)13(8-11)15(17)20/h5-6,8,12H,3-4,7,9-10H2,1-2H3,(H2,17,20). The highest BCUT2D eigenvalue weighted by molar-refractivity contribution is 7.80. The molecule has 1 aliphatic rings. The highest BCUT2D eigenvalue weighted by atomic mass is 32.1. The highest BCUT2D eigenvalue weighted by Gasteiger charge is 2.21. The van der Waals surface area contributed by atoms with E-state index < -0.39 is 0 Å². The van der Waals surface area contributed by atoms with Crippen molar-refractivity contribution >= 4 is 17.2 Å². The molecular weight excluding hydrogens is 273 g/mol. The third kappa shape index (κ3) is 3.75. The lowest BCUT2D eigenvalue weighted by molar-refractivity contribution is 0.128. The van der Waals surface area contributed by atoms with Crippen LogP contribution >= 0.6 is 12.2 Å². The molecule has 1 saturated heterocycles. The highest BCUT2D eigenvalue weighted by Crippen LogP contribution is 2.18. The van der Waals surface area contributed by atoms with Crippen LogP contribution in [0.2, 0.25) is 0 Å². The third-order valence-electron chi connectivity index (χ3n) is 3.91. The fourth-order valence-electron chi connectivity index (χ4n) is 2.71. The molecule has 2 N–H and O–H groups in total. The molecule has 0 saturated carbocycles. The second-order valence-corrected chi connectivity index (χ2v) is 6.11. The lowest BCUT2D eigenvalue weighted by Crippen LogP contribution is -2.44. The predicted molar refractivity (Wildman–Crippen MR) is 84.3 cm³/mol. The molecule has 20 heavy (non-hydrogen) atoms. The Bertz CT molecular complexity index is 490. The van der Waals surface area contributed by atoms with E-state index >= 15 is 0 Å². The van der Waals surface area contributed by atoms with Crippen LogP contribution in [0.5, 0.6) is 0 Å². The average Bonchev–Trinajstić information content (AvgIpc) is 2.41. The summed E-state index contributed by atoms with van der Waals surface area (Å²) in [6.07, 6.45) is 2.44. The van der Waals surface area contributed by atoms with Crippen molar-refractivity contribution in [1.29, 1.82) is 0 Å². The van der Waals surface area contributed by atoms with Crippen LogP contribution in [0, 0.1) is 5.82 Å². The molecule has 1 aromatic rings. The monoisotopic (exact) mass is 295 g/mol. The van der Waals surface area contributed by atoms with Gasteiger partial charge in [0.15, 0.2) is 0 Å². The van der Waals surface area contributed by atoms with Crippen LogP contribution in [0.15, 0.2) is 18.2 Å². The van der Waals surface area contributed by atoms with Crippen molar-refractivity contribution in [1.82, 2.24) is 9.80 Å². The number of benzene rings is 1. The lowest BCUT2D eigenvalue weighted by atomic mass is 10.0. The van der Waals surface area contributed by atoms with E-state index in [2.05, 4.69) is 23.9 Å². The van der Waals surface area contributed by atoms with Crippen molar-refractivity contribution in [2.75, 3.05) is 27.2 Å². The Labute approximate surface area is 125 Å². The van der Waals surface area contributed by atoms with E-state index in [4.69, 9.17) is 18.0 Å². The third-order valence-corrected chi connectivity index (χ3v) is 4.13. The number of thiocarbonyl (C=S) groups is 1. The van der Waals surface area contributed by atoms with Crippen LogP contribution in [-0.2, 0) is 6.54 Å². The smallest absolute Gasteiger partial charge is 0.133 e. The average molecular weight is 295 g/mol. The van der Waals surface area contributed by atoms with E-state index in [-0.39, 0.29) is 10.8 Å². The molecule has 1 aromatic carbocycles. The van der Waals surface area contributed by atoms with Crippen molar-refractivity contribution in [3.05, 3.63) is 35.1 Å². The molecule has 0 bridgehead atoms. The quantitative estimate of drug-likeness (QED) is 0.861. The van der Waals surface area contributed by atoms with E-state index in [0.717, 1.165) is 25.2 Å². The molecule has 3 nitrogen and oxygen atoms in total. The van der Waals surface area contributed by atoms with E-state index in [0.29, 0.717) is 11.6 Å². The number of rotatable bonds is 4. The van der Waals surface area contributed by atoms with Gasteiger partial charge in [0.1, 0.15) is 10.8 Å². The van der Waals surface area contributed by atoms with Crippen LogP contribution in [-0.4, -0.2) is 48.0 Å². The summed E-state index contributed by atoms with van der Waals surface area (Å²) in [6.45, 7) is 2.96. The van der Waals surface area contributed by atoms with Gasteiger partial charge in [0.05, 0.1) is 0 Å². The Morgan fingerprint density at radius 2 is 2.25 bits per heavy atom. The van der Waals surface area contributed by atoms with E-state index in [1.165, 1.54) is 18.9 Å². The SMILES string of the molecule is CN(C)C1CCCN(Cc2ccc(F)c(C(N)=S)c2)C1. The summed E-state index contributed by atoms with van der Waals surface area (Å²) in [4.78, 5) is 4.80. The fourth-order valence-corrected chi connectivity index (χ4v) is 2.87. The second-order valence-electron chi connectivity index (χ2n) is 5.67. The van der Waals surface area contributed by atoms with Gasteiger partial charge in [0.25, 0.3) is 0 Å². The van der Waals surface area contributed by atoms with Gasteiger partial charge in [0.2, 0.25) is 0 Å². The van der Waals surface area contributed by atoms with Crippen molar-refractivity contribution in [2.45, 2.75) is 25.4 Å². The zero-order valence-corrected chi connectivity index (χ0v) is 12.9. The minimum atomic E-state index is -0.342. The van der Waals surface area contributed by atoms with Gasteiger partial charge in [0, 0.05) is 24.7 Å². The number of hydrogen-bond acceptors (Lipinski definition) is 3. The van der Waals surface area contributed by atoms with Gasteiger partial charge >= 0.3 is 0 Å². The second kappa shape index (κ2) is 6.61. The van der Waals surface area contributed by atoms with Gasteiger partial charge in [-0.3, -0.25) is 4.90 Å². The number of likely N-dealkylation sites (tertiary alicyclic amines) is 1. The molecule has 1 fully saturated rings. The summed E-state index contributed by atoms with van der Waals surface area (Å²) in [6, 6.07) is 5.64. The molecule has 5 heteroatoms. The van der Waals surface area contributed by atoms with Crippen molar-refractivity contribution in [3.63, 3.8) is 0 Å². The summed E-state index contributed by atoms with van der Waals surface area (Å²) in [5.41, 5.74) is 6.96. The van der Waals surface area contributed by atoms with Gasteiger partial charge in [-0.1, -0.05) is 18.3 Å². The van der Waals surface area contributed by atoms with Crippen LogP contribution in [0.25, 0.3) is 0 Å². The molecule has 0 spiro atoms. The first-order valence-electron chi connectivity index (χ1n) is 6.94. The first kappa shape index (κ1) is 15.4. The van der Waals surface area contributed by atoms with E-state index in [1.54, 1.807) is 6.07 Å². The van der Waals surface area contributed by atoms with Crippen molar-refractivity contribution < 1.29 is 4.39 Å². The van der Waals surface area contributed by atoms with Crippen molar-refractivity contribution in [3.8, 4) is 0 Å². The zero-order chi connectivity index (χ0) is 14.7. The van der Waals surface area contributed by atoms with E-state index in [9.17, 15) is 4.39 Å². The van der Waals surface area contributed by atoms with Crippen LogP contribution in [0.1, 0.15) is 24.0 Å². The molecule has 2 rings (SSSR count). The maximum atomic E-state index is 13.6. The predicted octanol–water partition coefficient (Wildman–Crippen LogP) is 1.99. The molecule has 1 heterocycles. The van der Waals surface area contributed by atoms with Crippen molar-refractivity contribution in [2.24, 2.45) is 5.73 Å². The summed E-state index contributed by atoms with van der Waals surface area (Å²) in [7, 11) is 4.24. The van der Waals surface area contributed by atoms with E-state index in [1.807, 2.05) is 6.07 Å². The van der Waals surface area contributed by atoms with Gasteiger partial charge in [-0.25, -0.2) is 4.39 Å². The Morgan fingerprint density at radius 1 is 1.50 bits per heavy atom. The molecular formula is C15H22FN3S. The summed E-state index contributed by atoms with van der Waals surface area (Å²) < 4.78 is 13.6. The Balaban J connectivity index is 2.06. The Kier molecular flexibility index (Phi) is 5.07. The number of nitrogens with two attached hydrogens (primary N) is 1. The summed E-state index contributed by atoms with van der Waals surface area (Å²) in [5, 5.41) is 0. The largest absolute Gasteiger partial charge is 0.389 e. The molecule has 1 aliphatic heterocycles. The maximum Gasteiger partial charge on any atom is 0.133 e. The minimum absolute atomic E-state index is 0.120. The Hall–Kier alpha value is -1.04. The Morgan fingerprint density at radius 3 is 2.90 bits per heavy atom. The molecule has 1 unspecified atom stereocenters. The molecule has 1 atom stereocenters. The van der Waals surface area contributed by atoms with Gasteiger partial charge in [-0.05, 0) is 51.2 Å². The first-order chi connectivity index (χ1) is 9.47. The van der Waals surface area contributed by atoms with Crippen LogP contribution in [0.3, 0.4) is 0 Å². The molecule has 0 aromatic heterocycles. The molecule has 0 aliphatic carbocycles. The van der Waals surface area contributed by atoms with Gasteiger partial charge in [-0.2, -0.15) is 0 Å². The number of nitrogens with zero attached hydrogens (tertiary/aromatic N) is 2.